The van der Waals surface area contributed by atoms with Crippen LogP contribution in [0.1, 0.15) is 28.8 Å². The average Bonchev–Trinajstić information content (AvgIpc) is 2.73. The Morgan fingerprint density at radius 1 is 1.19 bits per heavy atom. The van der Waals surface area contributed by atoms with E-state index in [-0.39, 0.29) is 11.8 Å². The monoisotopic (exact) mass is 368 g/mol. The molecule has 0 radical (unpaired) electrons. The van der Waals surface area contributed by atoms with Gasteiger partial charge in [0.05, 0.1) is 0 Å². The summed E-state index contributed by atoms with van der Waals surface area (Å²) in [5, 5.41) is 9.05. The number of nitrogens with zero attached hydrogens (tertiary/aromatic N) is 1. The normalized spacial score (nSPS) is 15.7. The molecule has 1 aliphatic rings. The number of carbonyl (C=O) groups is 2. The van der Waals surface area contributed by atoms with Gasteiger partial charge in [0, 0.05) is 37.3 Å². The number of benzene rings is 1. The van der Waals surface area contributed by atoms with Crippen LogP contribution < -0.4 is 16.0 Å². The van der Waals surface area contributed by atoms with Gasteiger partial charge >= 0.3 is 0 Å². The highest BCUT2D eigenvalue weighted by molar-refractivity contribution is 6.04. The van der Waals surface area contributed by atoms with Crippen molar-refractivity contribution in [2.24, 2.45) is 0 Å². The van der Waals surface area contributed by atoms with Crippen LogP contribution in [0, 0.1) is 0 Å². The minimum atomic E-state index is -0.765. The van der Waals surface area contributed by atoms with Gasteiger partial charge < -0.3 is 20.7 Å². The number of methoxy groups -OCH3 is 1. The molecule has 7 nitrogen and oxygen atoms in total. The number of ether oxygens (including phenoxy) is 1. The fourth-order valence-corrected chi connectivity index (χ4v) is 3.16. The van der Waals surface area contributed by atoms with E-state index in [1.165, 1.54) is 0 Å². The van der Waals surface area contributed by atoms with Crippen LogP contribution in [0.5, 0.6) is 0 Å². The number of aromatic nitrogens is 1. The van der Waals surface area contributed by atoms with E-state index in [1.807, 2.05) is 24.3 Å². The third kappa shape index (κ3) is 4.69. The van der Waals surface area contributed by atoms with Crippen LogP contribution in [0.25, 0.3) is 0 Å². The molecule has 0 bridgehead atoms. The summed E-state index contributed by atoms with van der Waals surface area (Å²) in [7, 11) is 1.58. The highest BCUT2D eigenvalue weighted by Crippen LogP contribution is 2.23. The number of hydrogen-bond donors (Lipinski definition) is 3. The largest absolute Gasteiger partial charge is 0.368 e. The smallest absolute Gasteiger partial charge is 0.255 e. The number of amides is 2. The second-order valence-electron chi connectivity index (χ2n) is 6.52. The first-order chi connectivity index (χ1) is 13.1. The lowest BCUT2D eigenvalue weighted by Crippen LogP contribution is -2.53. The molecule has 3 rings (SSSR count). The Kier molecular flexibility index (Phi) is 6.16. The molecule has 3 N–H and O–H groups in total. The molecule has 27 heavy (non-hydrogen) atoms. The van der Waals surface area contributed by atoms with Gasteiger partial charge in [0.15, 0.2) is 0 Å². The summed E-state index contributed by atoms with van der Waals surface area (Å²) in [6.07, 6.45) is 4.45. The minimum Gasteiger partial charge on any atom is -0.368 e. The maximum absolute atomic E-state index is 12.6. The van der Waals surface area contributed by atoms with Crippen LogP contribution in [-0.2, 0) is 16.1 Å². The van der Waals surface area contributed by atoms with Crippen molar-refractivity contribution < 1.29 is 14.3 Å². The quantitative estimate of drug-likeness (QED) is 0.722. The van der Waals surface area contributed by atoms with Gasteiger partial charge in [-0.15, -0.1) is 0 Å². The fourth-order valence-electron chi connectivity index (χ4n) is 3.16. The molecule has 0 atom stereocenters. The predicted octanol–water partition coefficient (Wildman–Crippen LogP) is 1.72. The van der Waals surface area contributed by atoms with Crippen molar-refractivity contribution in [1.82, 2.24) is 15.6 Å². The van der Waals surface area contributed by atoms with E-state index in [0.29, 0.717) is 30.6 Å². The third-order valence-electron chi connectivity index (χ3n) is 4.80. The van der Waals surface area contributed by atoms with E-state index in [9.17, 15) is 9.59 Å². The van der Waals surface area contributed by atoms with E-state index < -0.39 is 5.60 Å². The maximum atomic E-state index is 12.6. The van der Waals surface area contributed by atoms with Crippen molar-refractivity contribution >= 4 is 17.5 Å². The summed E-state index contributed by atoms with van der Waals surface area (Å²) in [5.41, 5.74) is 1.35. The lowest BCUT2D eigenvalue weighted by molar-refractivity contribution is -0.146. The Hall–Kier alpha value is -2.77. The van der Waals surface area contributed by atoms with Crippen molar-refractivity contribution in [1.29, 1.82) is 0 Å². The SMILES string of the molecule is COC1(C(=O)NCc2cccc(NC(=O)c3ccncc3)c2)CCNCC1. The predicted molar refractivity (Wildman–Crippen MR) is 102 cm³/mol. The van der Waals surface area contributed by atoms with Crippen LogP contribution in [0.4, 0.5) is 5.69 Å². The maximum Gasteiger partial charge on any atom is 0.255 e. The van der Waals surface area contributed by atoms with Gasteiger partial charge in [0.2, 0.25) is 0 Å². The van der Waals surface area contributed by atoms with Crippen LogP contribution in [0.15, 0.2) is 48.8 Å². The zero-order valence-corrected chi connectivity index (χ0v) is 15.3. The second-order valence-corrected chi connectivity index (χ2v) is 6.52. The molecular weight excluding hydrogens is 344 g/mol. The number of anilines is 1. The van der Waals surface area contributed by atoms with E-state index in [4.69, 9.17) is 4.74 Å². The highest BCUT2D eigenvalue weighted by atomic mass is 16.5. The Morgan fingerprint density at radius 2 is 1.93 bits per heavy atom. The number of pyridine rings is 1. The zero-order chi connectivity index (χ0) is 19.1. The molecule has 1 aromatic carbocycles. The number of hydrogen-bond acceptors (Lipinski definition) is 5. The number of carbonyl (C=O) groups excluding carboxylic acids is 2. The summed E-state index contributed by atoms with van der Waals surface area (Å²) >= 11 is 0. The summed E-state index contributed by atoms with van der Waals surface area (Å²) in [5.74, 6) is -0.302. The first-order valence-electron chi connectivity index (χ1n) is 8.97. The molecule has 1 aromatic heterocycles. The standard InChI is InChI=1S/C20H24N4O3/c1-27-20(7-11-22-12-8-20)19(26)23-14-15-3-2-4-17(13-15)24-18(25)16-5-9-21-10-6-16/h2-6,9-10,13,22H,7-8,11-12,14H2,1H3,(H,23,26)(H,24,25). The van der Waals surface area contributed by atoms with Crippen molar-refractivity contribution in [3.05, 3.63) is 59.9 Å². The lowest BCUT2D eigenvalue weighted by Gasteiger charge is -2.34. The highest BCUT2D eigenvalue weighted by Gasteiger charge is 2.39. The molecule has 7 heteroatoms. The first kappa shape index (κ1) is 19.0. The summed E-state index contributed by atoms with van der Waals surface area (Å²) in [4.78, 5) is 28.8. The molecule has 142 valence electrons. The zero-order valence-electron chi connectivity index (χ0n) is 15.3. The molecule has 0 unspecified atom stereocenters. The van der Waals surface area contributed by atoms with Gasteiger partial charge in [-0.1, -0.05) is 12.1 Å². The van der Waals surface area contributed by atoms with Gasteiger partial charge in [0.1, 0.15) is 5.60 Å². The summed E-state index contributed by atoms with van der Waals surface area (Å²) in [6.45, 7) is 1.89. The molecule has 1 aliphatic heterocycles. The minimum absolute atomic E-state index is 0.0993. The van der Waals surface area contributed by atoms with Gasteiger partial charge in [-0.25, -0.2) is 0 Å². The molecule has 0 saturated carbocycles. The molecule has 2 amide bonds. The molecule has 1 saturated heterocycles. The number of rotatable bonds is 6. The molecular formula is C20H24N4O3. The van der Waals surface area contributed by atoms with E-state index >= 15 is 0 Å². The summed E-state index contributed by atoms with van der Waals surface area (Å²) < 4.78 is 5.54. The Bertz CT molecular complexity index is 789. The fraction of sp³-hybridized carbons (Fsp3) is 0.350. The Morgan fingerprint density at radius 3 is 2.63 bits per heavy atom. The number of piperidine rings is 1. The van der Waals surface area contributed by atoms with Crippen LogP contribution in [0.3, 0.4) is 0 Å². The second kappa shape index (κ2) is 8.75. The average molecular weight is 368 g/mol. The molecule has 0 aliphatic carbocycles. The molecule has 1 fully saturated rings. The third-order valence-corrected chi connectivity index (χ3v) is 4.80. The van der Waals surface area contributed by atoms with Gasteiger partial charge in [-0.05, 0) is 55.8 Å². The van der Waals surface area contributed by atoms with E-state index in [1.54, 1.807) is 31.6 Å². The van der Waals surface area contributed by atoms with Gasteiger partial charge in [-0.3, -0.25) is 14.6 Å². The van der Waals surface area contributed by atoms with Crippen molar-refractivity contribution in [3.63, 3.8) is 0 Å². The first-order valence-corrected chi connectivity index (χ1v) is 8.97. The molecule has 2 aromatic rings. The Labute approximate surface area is 158 Å². The van der Waals surface area contributed by atoms with Gasteiger partial charge in [-0.2, -0.15) is 0 Å². The Balaban J connectivity index is 1.60. The topological polar surface area (TPSA) is 92.4 Å². The van der Waals surface area contributed by atoms with Crippen molar-refractivity contribution in [3.8, 4) is 0 Å². The van der Waals surface area contributed by atoms with E-state index in [2.05, 4.69) is 20.9 Å². The summed E-state index contributed by atoms with van der Waals surface area (Å²) in [6, 6.07) is 10.7. The van der Waals surface area contributed by atoms with Crippen LogP contribution in [-0.4, -0.2) is 42.6 Å². The molecule has 2 heterocycles. The van der Waals surface area contributed by atoms with Crippen molar-refractivity contribution in [2.45, 2.75) is 25.0 Å². The van der Waals surface area contributed by atoms with E-state index in [0.717, 1.165) is 18.7 Å². The van der Waals surface area contributed by atoms with Crippen molar-refractivity contribution in [2.75, 3.05) is 25.5 Å². The number of nitrogens with one attached hydrogen (secondary N) is 3. The van der Waals surface area contributed by atoms with Crippen LogP contribution >= 0.6 is 0 Å². The lowest BCUT2D eigenvalue weighted by atomic mass is 9.91. The molecule has 0 spiro atoms. The van der Waals surface area contributed by atoms with Crippen LogP contribution in [0.2, 0.25) is 0 Å². The van der Waals surface area contributed by atoms with Gasteiger partial charge in [0.25, 0.3) is 11.8 Å².